The topological polar surface area (TPSA) is 68.5 Å². The number of amides is 1. The van der Waals surface area contributed by atoms with E-state index in [0.29, 0.717) is 18.5 Å². The summed E-state index contributed by atoms with van der Waals surface area (Å²) in [7, 11) is 1.94. The van der Waals surface area contributed by atoms with Gasteiger partial charge in [0.15, 0.2) is 0 Å². The molecule has 0 saturated heterocycles. The van der Waals surface area contributed by atoms with E-state index in [1.54, 1.807) is 30.5 Å². The van der Waals surface area contributed by atoms with E-state index in [9.17, 15) is 4.79 Å². The number of nitriles is 1. The van der Waals surface area contributed by atoms with Crippen molar-refractivity contribution in [3.05, 3.63) is 65.7 Å². The Morgan fingerprint density at radius 3 is 2.57 bits per heavy atom. The molecule has 5 heteroatoms. The van der Waals surface area contributed by atoms with E-state index < -0.39 is 0 Å². The first kappa shape index (κ1) is 16.2. The van der Waals surface area contributed by atoms with Crippen LogP contribution < -0.4 is 10.3 Å². The summed E-state index contributed by atoms with van der Waals surface area (Å²) in [6.07, 6.45) is 2.09. The second-order valence-electron chi connectivity index (χ2n) is 4.99. The molecular weight excluding hydrogens is 288 g/mol. The summed E-state index contributed by atoms with van der Waals surface area (Å²) in [5.74, 6) is -0.241. The summed E-state index contributed by atoms with van der Waals surface area (Å²) in [6.45, 7) is 0.692. The first-order chi connectivity index (χ1) is 11.2. The van der Waals surface area contributed by atoms with E-state index >= 15 is 0 Å². The molecule has 23 heavy (non-hydrogen) atoms. The zero-order valence-electron chi connectivity index (χ0n) is 12.9. The molecule has 1 amide bonds. The highest BCUT2D eigenvalue weighted by atomic mass is 16.2. The van der Waals surface area contributed by atoms with Crippen molar-refractivity contribution in [3.8, 4) is 6.07 Å². The van der Waals surface area contributed by atoms with Crippen LogP contribution in [0.3, 0.4) is 0 Å². The van der Waals surface area contributed by atoms with E-state index in [2.05, 4.69) is 16.6 Å². The smallest absolute Gasteiger partial charge is 0.271 e. The highest BCUT2D eigenvalue weighted by Gasteiger charge is 2.02. The molecule has 0 aromatic heterocycles. The highest BCUT2D eigenvalue weighted by molar-refractivity contribution is 5.94. The molecule has 0 heterocycles. The molecule has 0 aliphatic heterocycles. The van der Waals surface area contributed by atoms with Crippen molar-refractivity contribution < 1.29 is 4.79 Å². The number of nitrogens with zero attached hydrogens (tertiary/aromatic N) is 3. The van der Waals surface area contributed by atoms with Gasteiger partial charge in [0.1, 0.15) is 0 Å². The van der Waals surface area contributed by atoms with Crippen LogP contribution in [0.1, 0.15) is 22.3 Å². The third-order valence-electron chi connectivity index (χ3n) is 3.31. The first-order valence-corrected chi connectivity index (χ1v) is 7.27. The third-order valence-corrected chi connectivity index (χ3v) is 3.31. The van der Waals surface area contributed by atoms with E-state index in [4.69, 9.17) is 5.26 Å². The van der Waals surface area contributed by atoms with E-state index in [1.807, 2.05) is 42.3 Å². The summed E-state index contributed by atoms with van der Waals surface area (Å²) in [6, 6.07) is 18.8. The maximum absolute atomic E-state index is 11.8. The van der Waals surface area contributed by atoms with E-state index in [1.165, 1.54) is 0 Å². The van der Waals surface area contributed by atoms with Gasteiger partial charge in [-0.15, -0.1) is 0 Å². The minimum Gasteiger partial charge on any atom is -0.374 e. The van der Waals surface area contributed by atoms with Crippen molar-refractivity contribution in [1.82, 2.24) is 5.43 Å². The number of benzene rings is 2. The lowest BCUT2D eigenvalue weighted by Crippen LogP contribution is -2.18. The SMILES string of the molecule is CN(CCC#N)c1ccc(/C=N/NC(=O)c2ccccc2)cc1. The summed E-state index contributed by atoms with van der Waals surface area (Å²) >= 11 is 0. The van der Waals surface area contributed by atoms with Gasteiger partial charge in [0, 0.05) is 24.8 Å². The van der Waals surface area contributed by atoms with Gasteiger partial charge in [0.25, 0.3) is 5.91 Å². The van der Waals surface area contributed by atoms with Crippen molar-refractivity contribution in [2.45, 2.75) is 6.42 Å². The van der Waals surface area contributed by atoms with Crippen LogP contribution in [0.2, 0.25) is 0 Å². The summed E-state index contributed by atoms with van der Waals surface area (Å²) in [5.41, 5.74) is 4.98. The normalized spacial score (nSPS) is 10.3. The maximum atomic E-state index is 11.8. The number of carbonyl (C=O) groups excluding carboxylic acids is 1. The van der Waals surface area contributed by atoms with Crippen LogP contribution in [-0.2, 0) is 0 Å². The van der Waals surface area contributed by atoms with Crippen molar-refractivity contribution in [2.24, 2.45) is 5.10 Å². The summed E-state index contributed by atoms with van der Waals surface area (Å²) in [5, 5.41) is 12.6. The third kappa shape index (κ3) is 4.97. The molecule has 0 unspecified atom stereocenters. The van der Waals surface area contributed by atoms with Gasteiger partial charge in [0.2, 0.25) is 0 Å². The van der Waals surface area contributed by atoms with Gasteiger partial charge in [-0.3, -0.25) is 4.79 Å². The van der Waals surface area contributed by atoms with Gasteiger partial charge in [-0.25, -0.2) is 5.43 Å². The van der Waals surface area contributed by atoms with Crippen molar-refractivity contribution in [2.75, 3.05) is 18.5 Å². The fourth-order valence-electron chi connectivity index (χ4n) is 1.98. The molecule has 0 spiro atoms. The fourth-order valence-corrected chi connectivity index (χ4v) is 1.98. The van der Waals surface area contributed by atoms with E-state index in [0.717, 1.165) is 11.3 Å². The molecule has 0 saturated carbocycles. The number of carbonyl (C=O) groups is 1. The molecule has 5 nitrogen and oxygen atoms in total. The molecule has 2 aromatic carbocycles. The minimum absolute atomic E-state index is 0.241. The standard InChI is InChI=1S/C18H18N4O/c1-22(13-5-12-19)17-10-8-15(9-11-17)14-20-21-18(23)16-6-3-2-4-7-16/h2-4,6-11,14H,5,13H2,1H3,(H,21,23)/b20-14+. The fraction of sp³-hybridized carbons (Fsp3) is 0.167. The number of rotatable bonds is 6. The van der Waals surface area contributed by atoms with Gasteiger partial charge in [-0.2, -0.15) is 10.4 Å². The van der Waals surface area contributed by atoms with Gasteiger partial charge in [0.05, 0.1) is 18.7 Å². The van der Waals surface area contributed by atoms with E-state index in [-0.39, 0.29) is 5.91 Å². The van der Waals surface area contributed by atoms with Gasteiger partial charge in [-0.1, -0.05) is 30.3 Å². The van der Waals surface area contributed by atoms with Crippen LogP contribution in [0, 0.1) is 11.3 Å². The zero-order chi connectivity index (χ0) is 16.5. The molecule has 0 atom stereocenters. The predicted molar refractivity (Wildman–Crippen MR) is 91.4 cm³/mol. The second kappa shape index (κ2) is 8.35. The Bertz CT molecular complexity index is 702. The Kier molecular flexibility index (Phi) is 5.89. The van der Waals surface area contributed by atoms with Crippen molar-refractivity contribution in [3.63, 3.8) is 0 Å². The van der Waals surface area contributed by atoms with Crippen molar-refractivity contribution >= 4 is 17.8 Å². The molecule has 0 aliphatic rings. The second-order valence-corrected chi connectivity index (χ2v) is 4.99. The Balaban J connectivity index is 1.91. The summed E-state index contributed by atoms with van der Waals surface area (Å²) in [4.78, 5) is 13.8. The first-order valence-electron chi connectivity index (χ1n) is 7.27. The Hall–Kier alpha value is -3.13. The Labute approximate surface area is 135 Å². The molecule has 116 valence electrons. The number of hydrogen-bond donors (Lipinski definition) is 1. The molecule has 2 aromatic rings. The summed E-state index contributed by atoms with van der Waals surface area (Å²) < 4.78 is 0. The molecule has 0 fully saturated rings. The highest BCUT2D eigenvalue weighted by Crippen LogP contribution is 2.13. The van der Waals surface area contributed by atoms with Gasteiger partial charge in [-0.05, 0) is 29.8 Å². The van der Waals surface area contributed by atoms with Crippen LogP contribution in [0.5, 0.6) is 0 Å². The molecule has 0 aliphatic carbocycles. The molecule has 1 N–H and O–H groups in total. The monoisotopic (exact) mass is 306 g/mol. The Morgan fingerprint density at radius 2 is 1.91 bits per heavy atom. The van der Waals surface area contributed by atoms with Crippen LogP contribution >= 0.6 is 0 Å². The average Bonchev–Trinajstić information content (AvgIpc) is 2.61. The predicted octanol–water partition coefficient (Wildman–Crippen LogP) is 2.80. The van der Waals surface area contributed by atoms with Crippen LogP contribution in [0.4, 0.5) is 5.69 Å². The average molecular weight is 306 g/mol. The number of hydrogen-bond acceptors (Lipinski definition) is 4. The number of hydrazone groups is 1. The van der Waals surface area contributed by atoms with Crippen molar-refractivity contribution in [1.29, 1.82) is 5.26 Å². The lowest BCUT2D eigenvalue weighted by molar-refractivity contribution is 0.0955. The van der Waals surface area contributed by atoms with Crippen LogP contribution in [0.25, 0.3) is 0 Å². The quantitative estimate of drug-likeness (QED) is 0.659. The largest absolute Gasteiger partial charge is 0.374 e. The lowest BCUT2D eigenvalue weighted by Gasteiger charge is -2.17. The lowest BCUT2D eigenvalue weighted by atomic mass is 10.2. The Morgan fingerprint density at radius 1 is 1.22 bits per heavy atom. The van der Waals surface area contributed by atoms with Gasteiger partial charge >= 0.3 is 0 Å². The molecular formula is C18H18N4O. The maximum Gasteiger partial charge on any atom is 0.271 e. The molecule has 0 bridgehead atoms. The minimum atomic E-state index is -0.241. The molecule has 0 radical (unpaired) electrons. The number of nitrogens with one attached hydrogen (secondary N) is 1. The molecule has 2 rings (SSSR count). The van der Waals surface area contributed by atoms with Gasteiger partial charge < -0.3 is 4.90 Å². The number of anilines is 1. The van der Waals surface area contributed by atoms with Crippen LogP contribution in [0.15, 0.2) is 59.7 Å². The van der Waals surface area contributed by atoms with Crippen LogP contribution in [-0.4, -0.2) is 25.7 Å². The zero-order valence-corrected chi connectivity index (χ0v) is 12.9.